The van der Waals surface area contributed by atoms with E-state index in [0.29, 0.717) is 6.04 Å². The predicted octanol–water partition coefficient (Wildman–Crippen LogP) is 2.63. The fraction of sp³-hybridized carbons (Fsp3) is 0.929. The highest BCUT2D eigenvalue weighted by molar-refractivity contribution is 5.05. The van der Waals surface area contributed by atoms with Crippen LogP contribution in [-0.2, 0) is 0 Å². The first-order valence-electron chi connectivity index (χ1n) is 6.71. The van der Waals surface area contributed by atoms with Gasteiger partial charge in [-0.15, -0.1) is 0 Å². The summed E-state index contributed by atoms with van der Waals surface area (Å²) in [6, 6.07) is 2.82. The summed E-state index contributed by atoms with van der Waals surface area (Å²) in [5.41, 5.74) is -0.403. The Morgan fingerprint density at radius 1 is 1.35 bits per heavy atom. The lowest BCUT2D eigenvalue weighted by molar-refractivity contribution is 0.205. The monoisotopic (exact) mass is 239 g/mol. The van der Waals surface area contributed by atoms with Gasteiger partial charge in [0.25, 0.3) is 0 Å². The molecule has 2 unspecified atom stereocenters. The lowest BCUT2D eigenvalue weighted by Gasteiger charge is -2.32. The summed E-state index contributed by atoms with van der Waals surface area (Å²) >= 11 is 0. The molecular formula is C14H29N3. The minimum absolute atomic E-state index is 0.403. The molecule has 0 aliphatic heterocycles. The largest absolute Gasteiger partial charge is 0.304 e. The van der Waals surface area contributed by atoms with E-state index in [1.807, 2.05) is 13.8 Å². The zero-order valence-electron chi connectivity index (χ0n) is 12.4. The van der Waals surface area contributed by atoms with Gasteiger partial charge in [0.15, 0.2) is 0 Å². The number of hydrogen-bond acceptors (Lipinski definition) is 3. The second-order valence-electron chi connectivity index (χ2n) is 5.69. The predicted molar refractivity (Wildman–Crippen MR) is 73.9 cm³/mol. The van der Waals surface area contributed by atoms with Gasteiger partial charge in [0, 0.05) is 6.04 Å². The molecule has 1 N–H and O–H groups in total. The number of hydrogen-bond donors (Lipinski definition) is 1. The van der Waals surface area contributed by atoms with Crippen LogP contribution in [0.15, 0.2) is 0 Å². The molecule has 2 atom stereocenters. The third-order valence-corrected chi connectivity index (χ3v) is 3.33. The number of rotatable bonds is 8. The van der Waals surface area contributed by atoms with Crippen LogP contribution in [0, 0.1) is 17.2 Å². The molecule has 0 saturated heterocycles. The molecule has 0 rings (SSSR count). The highest BCUT2D eigenvalue weighted by Crippen LogP contribution is 2.15. The molecule has 3 nitrogen and oxygen atoms in total. The van der Waals surface area contributed by atoms with E-state index in [0.717, 1.165) is 25.4 Å². The van der Waals surface area contributed by atoms with E-state index in [1.165, 1.54) is 6.42 Å². The van der Waals surface area contributed by atoms with Gasteiger partial charge in [0.05, 0.1) is 6.07 Å². The van der Waals surface area contributed by atoms with Gasteiger partial charge in [-0.25, -0.2) is 0 Å². The van der Waals surface area contributed by atoms with Gasteiger partial charge in [0.2, 0.25) is 0 Å². The van der Waals surface area contributed by atoms with Gasteiger partial charge in [0.1, 0.15) is 5.54 Å². The smallest absolute Gasteiger partial charge is 0.105 e. The minimum atomic E-state index is -0.403. The number of nitrogens with zero attached hydrogens (tertiary/aromatic N) is 2. The molecule has 0 amide bonds. The lowest BCUT2D eigenvalue weighted by Crippen LogP contribution is -2.46. The van der Waals surface area contributed by atoms with Crippen LogP contribution in [0.25, 0.3) is 0 Å². The maximum Gasteiger partial charge on any atom is 0.105 e. The number of nitriles is 1. The molecule has 17 heavy (non-hydrogen) atoms. The Balaban J connectivity index is 4.22. The maximum atomic E-state index is 9.23. The highest BCUT2D eigenvalue weighted by atomic mass is 15.1. The van der Waals surface area contributed by atoms with Crippen molar-refractivity contribution in [3.8, 4) is 6.07 Å². The van der Waals surface area contributed by atoms with Crippen molar-refractivity contribution in [3.05, 3.63) is 0 Å². The van der Waals surface area contributed by atoms with E-state index in [9.17, 15) is 5.26 Å². The normalized spacial score (nSPS) is 16.9. The van der Waals surface area contributed by atoms with Crippen LogP contribution in [0.4, 0.5) is 0 Å². The fourth-order valence-electron chi connectivity index (χ4n) is 1.98. The van der Waals surface area contributed by atoms with Crippen molar-refractivity contribution in [2.75, 3.05) is 20.1 Å². The van der Waals surface area contributed by atoms with E-state index in [2.05, 4.69) is 44.1 Å². The van der Waals surface area contributed by atoms with Crippen molar-refractivity contribution in [2.24, 2.45) is 5.92 Å². The summed E-state index contributed by atoms with van der Waals surface area (Å²) in [7, 11) is 2.15. The Kier molecular flexibility index (Phi) is 7.41. The Morgan fingerprint density at radius 2 is 1.94 bits per heavy atom. The molecule has 0 heterocycles. The molecule has 0 aliphatic carbocycles. The van der Waals surface area contributed by atoms with Crippen LogP contribution >= 0.6 is 0 Å². The Hall–Kier alpha value is -0.590. The molecule has 0 aliphatic rings. The van der Waals surface area contributed by atoms with Crippen LogP contribution in [0.3, 0.4) is 0 Å². The van der Waals surface area contributed by atoms with Crippen LogP contribution in [-0.4, -0.2) is 36.6 Å². The van der Waals surface area contributed by atoms with Gasteiger partial charge in [-0.2, -0.15) is 5.26 Å². The molecule has 0 saturated carbocycles. The summed E-state index contributed by atoms with van der Waals surface area (Å²) < 4.78 is 0. The third kappa shape index (κ3) is 6.65. The van der Waals surface area contributed by atoms with Gasteiger partial charge in [-0.3, -0.25) is 5.32 Å². The van der Waals surface area contributed by atoms with Crippen LogP contribution in [0.5, 0.6) is 0 Å². The van der Waals surface area contributed by atoms with E-state index in [-0.39, 0.29) is 0 Å². The van der Waals surface area contributed by atoms with Crippen LogP contribution in [0.2, 0.25) is 0 Å². The first kappa shape index (κ1) is 16.4. The molecule has 0 bridgehead atoms. The van der Waals surface area contributed by atoms with Gasteiger partial charge in [-0.1, -0.05) is 20.8 Å². The summed E-state index contributed by atoms with van der Waals surface area (Å²) in [4.78, 5) is 2.35. The minimum Gasteiger partial charge on any atom is -0.304 e. The van der Waals surface area contributed by atoms with Crippen molar-refractivity contribution in [3.63, 3.8) is 0 Å². The van der Waals surface area contributed by atoms with E-state index in [4.69, 9.17) is 0 Å². The standard InChI is InChI=1S/C14H29N3/c1-7-16-14(5,11-15)10-13(4)17(6)9-8-12(2)3/h12-13,16H,7-10H2,1-6H3. The zero-order chi connectivity index (χ0) is 13.5. The highest BCUT2D eigenvalue weighted by Gasteiger charge is 2.26. The first-order chi connectivity index (χ1) is 7.84. The molecule has 3 heteroatoms. The lowest BCUT2D eigenvalue weighted by atomic mass is 9.94. The Bertz CT molecular complexity index is 244. The molecular weight excluding hydrogens is 210 g/mol. The Morgan fingerprint density at radius 3 is 2.35 bits per heavy atom. The van der Waals surface area contributed by atoms with Gasteiger partial charge in [-0.05, 0) is 52.7 Å². The quantitative estimate of drug-likeness (QED) is 0.708. The fourth-order valence-corrected chi connectivity index (χ4v) is 1.98. The molecule has 0 radical (unpaired) electrons. The van der Waals surface area contributed by atoms with Crippen LogP contribution < -0.4 is 5.32 Å². The maximum absolute atomic E-state index is 9.23. The molecule has 0 aromatic carbocycles. The number of nitrogens with one attached hydrogen (secondary N) is 1. The summed E-state index contributed by atoms with van der Waals surface area (Å²) in [5.74, 6) is 0.737. The van der Waals surface area contributed by atoms with Crippen LogP contribution in [0.1, 0.15) is 47.5 Å². The summed E-state index contributed by atoms with van der Waals surface area (Å²) in [6.07, 6.45) is 2.08. The van der Waals surface area contributed by atoms with E-state index in [1.54, 1.807) is 0 Å². The molecule has 0 spiro atoms. The second-order valence-corrected chi connectivity index (χ2v) is 5.69. The average molecular weight is 239 g/mol. The van der Waals surface area contributed by atoms with Crippen molar-refractivity contribution < 1.29 is 0 Å². The van der Waals surface area contributed by atoms with Crippen molar-refractivity contribution in [1.29, 1.82) is 5.26 Å². The average Bonchev–Trinajstić information content (AvgIpc) is 2.25. The molecule has 0 fully saturated rings. The summed E-state index contributed by atoms with van der Waals surface area (Å²) in [6.45, 7) is 12.7. The molecule has 0 aromatic rings. The van der Waals surface area contributed by atoms with Crippen molar-refractivity contribution in [2.45, 2.75) is 59.0 Å². The van der Waals surface area contributed by atoms with Crippen molar-refractivity contribution in [1.82, 2.24) is 10.2 Å². The topological polar surface area (TPSA) is 39.1 Å². The van der Waals surface area contributed by atoms with Gasteiger partial charge >= 0.3 is 0 Å². The third-order valence-electron chi connectivity index (χ3n) is 3.33. The van der Waals surface area contributed by atoms with Gasteiger partial charge < -0.3 is 4.90 Å². The Labute approximate surface area is 107 Å². The SMILES string of the molecule is CCNC(C)(C#N)CC(C)N(C)CCC(C)C. The van der Waals surface area contributed by atoms with E-state index >= 15 is 0 Å². The second kappa shape index (κ2) is 7.68. The zero-order valence-corrected chi connectivity index (χ0v) is 12.4. The van der Waals surface area contributed by atoms with Crippen molar-refractivity contribution >= 4 is 0 Å². The van der Waals surface area contributed by atoms with E-state index < -0.39 is 5.54 Å². The first-order valence-corrected chi connectivity index (χ1v) is 6.71. The molecule has 0 aromatic heterocycles. The molecule has 100 valence electrons. The summed E-state index contributed by atoms with van der Waals surface area (Å²) in [5, 5.41) is 12.5.